The number of hydrogen-bond acceptors (Lipinski definition) is 5. The Labute approximate surface area is 81.3 Å². The lowest BCUT2D eigenvalue weighted by Gasteiger charge is -2.23. The van der Waals surface area contributed by atoms with E-state index in [1.807, 2.05) is 24.8 Å². The van der Waals surface area contributed by atoms with Crippen molar-refractivity contribution in [2.75, 3.05) is 16.9 Å². The van der Waals surface area contributed by atoms with Crippen LogP contribution in [0.2, 0.25) is 0 Å². The van der Waals surface area contributed by atoms with Gasteiger partial charge in [-0.3, -0.25) is 0 Å². The Morgan fingerprint density at radius 2 is 2.31 bits per heavy atom. The van der Waals surface area contributed by atoms with Gasteiger partial charge >= 0.3 is 0 Å². The van der Waals surface area contributed by atoms with Gasteiger partial charge in [0.25, 0.3) is 0 Å². The second-order valence-electron chi connectivity index (χ2n) is 3.13. The Kier molecular flexibility index (Phi) is 2.37. The summed E-state index contributed by atoms with van der Waals surface area (Å²) >= 11 is 1.93. The normalized spacial score (nSPS) is 16.8. The standard InChI is InChI=1S/C8H12N4S/c1-5-2-7(12-9)11-8(10-5)6-3-13-4-6/h2,6H,3-4,9H2,1H3,(H,10,11,12). The summed E-state index contributed by atoms with van der Waals surface area (Å²) in [5, 5.41) is 0. The minimum atomic E-state index is 0.525. The van der Waals surface area contributed by atoms with Crippen molar-refractivity contribution in [2.45, 2.75) is 12.8 Å². The van der Waals surface area contributed by atoms with E-state index in [2.05, 4.69) is 15.4 Å². The summed E-state index contributed by atoms with van der Waals surface area (Å²) < 4.78 is 0. The van der Waals surface area contributed by atoms with Gasteiger partial charge in [-0.1, -0.05) is 0 Å². The summed E-state index contributed by atoms with van der Waals surface area (Å²) in [7, 11) is 0. The molecule has 1 fully saturated rings. The second kappa shape index (κ2) is 3.51. The minimum Gasteiger partial charge on any atom is -0.308 e. The minimum absolute atomic E-state index is 0.525. The average Bonchev–Trinajstić information content (AvgIpc) is 2.00. The molecule has 2 rings (SSSR count). The summed E-state index contributed by atoms with van der Waals surface area (Å²) in [6, 6.07) is 1.84. The molecular weight excluding hydrogens is 184 g/mol. The first-order chi connectivity index (χ1) is 6.29. The number of anilines is 1. The van der Waals surface area contributed by atoms with Gasteiger partial charge in [0.2, 0.25) is 0 Å². The van der Waals surface area contributed by atoms with Crippen LogP contribution in [0, 0.1) is 6.92 Å². The van der Waals surface area contributed by atoms with Crippen molar-refractivity contribution in [3.05, 3.63) is 17.6 Å². The number of nitrogen functional groups attached to an aromatic ring is 1. The van der Waals surface area contributed by atoms with Gasteiger partial charge in [-0.15, -0.1) is 0 Å². The van der Waals surface area contributed by atoms with Crippen molar-refractivity contribution in [3.8, 4) is 0 Å². The van der Waals surface area contributed by atoms with Crippen LogP contribution < -0.4 is 11.3 Å². The molecule has 0 unspecified atom stereocenters. The molecule has 0 atom stereocenters. The van der Waals surface area contributed by atoms with Gasteiger partial charge in [0, 0.05) is 29.2 Å². The first-order valence-electron chi connectivity index (χ1n) is 4.19. The molecule has 4 nitrogen and oxygen atoms in total. The molecule has 1 aromatic heterocycles. The molecule has 0 radical (unpaired) electrons. The number of thioether (sulfide) groups is 1. The Bertz CT molecular complexity index is 311. The topological polar surface area (TPSA) is 63.8 Å². The fourth-order valence-corrected chi connectivity index (χ4v) is 2.00. The highest BCUT2D eigenvalue weighted by Crippen LogP contribution is 2.32. The Morgan fingerprint density at radius 1 is 1.54 bits per heavy atom. The lowest BCUT2D eigenvalue weighted by Crippen LogP contribution is -2.20. The molecular formula is C8H12N4S. The number of nitrogens with two attached hydrogens (primary N) is 1. The van der Waals surface area contributed by atoms with E-state index in [-0.39, 0.29) is 0 Å². The first-order valence-corrected chi connectivity index (χ1v) is 5.35. The zero-order valence-electron chi connectivity index (χ0n) is 7.45. The maximum absolute atomic E-state index is 5.30. The molecule has 0 aromatic carbocycles. The van der Waals surface area contributed by atoms with E-state index in [1.54, 1.807) is 0 Å². The number of hydrazine groups is 1. The molecule has 0 amide bonds. The second-order valence-corrected chi connectivity index (χ2v) is 4.21. The predicted octanol–water partition coefficient (Wildman–Crippen LogP) is 0.901. The van der Waals surface area contributed by atoms with Crippen molar-refractivity contribution >= 4 is 17.6 Å². The van der Waals surface area contributed by atoms with Gasteiger partial charge in [0.1, 0.15) is 11.6 Å². The summed E-state index contributed by atoms with van der Waals surface area (Å²) in [5.41, 5.74) is 3.52. The van der Waals surface area contributed by atoms with E-state index in [0.29, 0.717) is 11.7 Å². The highest BCUT2D eigenvalue weighted by molar-refractivity contribution is 8.00. The summed E-state index contributed by atoms with van der Waals surface area (Å²) in [6.07, 6.45) is 0. The van der Waals surface area contributed by atoms with E-state index >= 15 is 0 Å². The number of rotatable bonds is 2. The molecule has 1 aliphatic rings. The third-order valence-electron chi connectivity index (χ3n) is 2.02. The number of aryl methyl sites for hydroxylation is 1. The number of nitrogens with zero attached hydrogens (tertiary/aromatic N) is 2. The maximum Gasteiger partial charge on any atom is 0.143 e. The third kappa shape index (κ3) is 1.76. The van der Waals surface area contributed by atoms with Crippen LogP contribution in [-0.2, 0) is 0 Å². The SMILES string of the molecule is Cc1cc(NN)nc(C2CSC2)n1. The molecule has 2 heterocycles. The van der Waals surface area contributed by atoms with Crippen LogP contribution in [0.4, 0.5) is 5.82 Å². The highest BCUT2D eigenvalue weighted by atomic mass is 32.2. The first kappa shape index (κ1) is 8.77. The molecule has 0 bridgehead atoms. The number of nitrogens with one attached hydrogen (secondary N) is 1. The van der Waals surface area contributed by atoms with Crippen LogP contribution in [0.3, 0.4) is 0 Å². The zero-order valence-corrected chi connectivity index (χ0v) is 8.27. The van der Waals surface area contributed by atoms with Crippen molar-refractivity contribution < 1.29 is 0 Å². The molecule has 70 valence electrons. The largest absolute Gasteiger partial charge is 0.308 e. The van der Waals surface area contributed by atoms with Crippen molar-refractivity contribution in [2.24, 2.45) is 5.84 Å². The van der Waals surface area contributed by atoms with Crippen molar-refractivity contribution in [3.63, 3.8) is 0 Å². The fourth-order valence-electron chi connectivity index (χ4n) is 1.23. The van der Waals surface area contributed by atoms with Gasteiger partial charge in [-0.05, 0) is 6.92 Å². The van der Waals surface area contributed by atoms with Crippen LogP contribution in [0.5, 0.6) is 0 Å². The molecule has 0 aliphatic carbocycles. The molecule has 3 N–H and O–H groups in total. The van der Waals surface area contributed by atoms with Crippen LogP contribution in [0.15, 0.2) is 6.07 Å². The quantitative estimate of drug-likeness (QED) is 0.543. The van der Waals surface area contributed by atoms with Crippen molar-refractivity contribution in [1.29, 1.82) is 0 Å². The number of aromatic nitrogens is 2. The molecule has 5 heteroatoms. The zero-order chi connectivity index (χ0) is 9.26. The number of hydrogen-bond donors (Lipinski definition) is 2. The fraction of sp³-hybridized carbons (Fsp3) is 0.500. The van der Waals surface area contributed by atoms with Crippen LogP contribution in [-0.4, -0.2) is 21.5 Å². The Morgan fingerprint density at radius 3 is 2.85 bits per heavy atom. The Hall–Kier alpha value is -0.810. The molecule has 1 saturated heterocycles. The lowest BCUT2D eigenvalue weighted by atomic mass is 10.2. The molecule has 0 saturated carbocycles. The van der Waals surface area contributed by atoms with Gasteiger partial charge in [-0.2, -0.15) is 11.8 Å². The Balaban J connectivity index is 2.28. The van der Waals surface area contributed by atoms with Gasteiger partial charge < -0.3 is 5.43 Å². The lowest BCUT2D eigenvalue weighted by molar-refractivity contribution is 0.757. The summed E-state index contributed by atoms with van der Waals surface area (Å²) in [4.78, 5) is 8.70. The van der Waals surface area contributed by atoms with Crippen molar-refractivity contribution in [1.82, 2.24) is 9.97 Å². The van der Waals surface area contributed by atoms with E-state index < -0.39 is 0 Å². The van der Waals surface area contributed by atoms with E-state index in [4.69, 9.17) is 5.84 Å². The monoisotopic (exact) mass is 196 g/mol. The van der Waals surface area contributed by atoms with Gasteiger partial charge in [0.05, 0.1) is 0 Å². The van der Waals surface area contributed by atoms with Gasteiger partial charge in [-0.25, -0.2) is 15.8 Å². The van der Waals surface area contributed by atoms with E-state index in [1.165, 1.54) is 0 Å². The van der Waals surface area contributed by atoms with Gasteiger partial charge in [0.15, 0.2) is 0 Å². The van der Waals surface area contributed by atoms with Crippen LogP contribution in [0.1, 0.15) is 17.4 Å². The molecule has 1 aliphatic heterocycles. The average molecular weight is 196 g/mol. The highest BCUT2D eigenvalue weighted by Gasteiger charge is 2.23. The molecule has 13 heavy (non-hydrogen) atoms. The van der Waals surface area contributed by atoms with E-state index in [9.17, 15) is 0 Å². The van der Waals surface area contributed by atoms with E-state index in [0.717, 1.165) is 23.0 Å². The summed E-state index contributed by atoms with van der Waals surface area (Å²) in [6.45, 7) is 1.96. The smallest absolute Gasteiger partial charge is 0.143 e. The van der Waals surface area contributed by atoms with Crippen LogP contribution in [0.25, 0.3) is 0 Å². The third-order valence-corrected chi connectivity index (χ3v) is 3.30. The molecule has 1 aromatic rings. The molecule has 0 spiro atoms. The maximum atomic E-state index is 5.30. The van der Waals surface area contributed by atoms with Crippen LogP contribution >= 0.6 is 11.8 Å². The predicted molar refractivity (Wildman–Crippen MR) is 54.6 cm³/mol. The summed E-state index contributed by atoms with van der Waals surface area (Å²) in [5.74, 6) is 9.72.